The second-order valence-electron chi connectivity index (χ2n) is 8.31. The quantitative estimate of drug-likeness (QED) is 0.0543. The molecule has 0 aromatic carbocycles. The van der Waals surface area contributed by atoms with Crippen molar-refractivity contribution in [2.75, 3.05) is 18.6 Å². The molecule has 5 unspecified atom stereocenters. The van der Waals surface area contributed by atoms with Gasteiger partial charge in [0.1, 0.15) is 18.1 Å². The van der Waals surface area contributed by atoms with Crippen molar-refractivity contribution in [2.45, 2.75) is 62.9 Å². The lowest BCUT2D eigenvalue weighted by atomic mass is 10.1. The van der Waals surface area contributed by atoms with E-state index in [0.29, 0.717) is 11.4 Å². The van der Waals surface area contributed by atoms with Crippen LogP contribution < -0.4 is 33.2 Å². The highest BCUT2D eigenvalue weighted by atomic mass is 32.2. The van der Waals surface area contributed by atoms with Crippen LogP contribution in [0.3, 0.4) is 0 Å². The molecule has 208 valence electrons. The molecule has 1 heterocycles. The molecule has 0 radical (unpaired) electrons. The number of imidazole rings is 1. The van der Waals surface area contributed by atoms with Crippen LogP contribution in [-0.2, 0) is 25.6 Å². The van der Waals surface area contributed by atoms with E-state index in [4.69, 9.17) is 17.2 Å². The van der Waals surface area contributed by atoms with E-state index in [1.807, 2.05) is 0 Å². The van der Waals surface area contributed by atoms with Gasteiger partial charge >= 0.3 is 5.97 Å². The number of carboxylic acids is 1. The lowest BCUT2D eigenvalue weighted by Crippen LogP contribution is -2.60. The molecule has 0 saturated heterocycles. The first-order valence-corrected chi connectivity index (χ1v) is 12.9. The zero-order chi connectivity index (χ0) is 28.0. The molecule has 12 N–H and O–H groups in total. The first-order valence-electron chi connectivity index (χ1n) is 11.5. The number of aliphatic imine (C=N–C) groups is 1. The number of nitrogens with one attached hydrogen (secondary N) is 4. The van der Waals surface area contributed by atoms with E-state index in [1.165, 1.54) is 31.2 Å². The van der Waals surface area contributed by atoms with E-state index in [2.05, 4.69) is 30.9 Å². The summed E-state index contributed by atoms with van der Waals surface area (Å²) in [7, 11) is 0. The molecule has 0 bridgehead atoms. The van der Waals surface area contributed by atoms with Gasteiger partial charge in [0.15, 0.2) is 5.96 Å². The Balaban J connectivity index is 2.94. The van der Waals surface area contributed by atoms with Crippen molar-refractivity contribution >= 4 is 41.4 Å². The number of nitrogens with two attached hydrogens (primary N) is 3. The smallest absolute Gasteiger partial charge is 0.326 e. The van der Waals surface area contributed by atoms with Crippen LogP contribution in [0.1, 0.15) is 31.9 Å². The number of carbonyl (C=O) groups excluding carboxylic acids is 3. The normalized spacial score (nSPS) is 14.9. The van der Waals surface area contributed by atoms with E-state index >= 15 is 0 Å². The average molecular weight is 544 g/mol. The summed E-state index contributed by atoms with van der Waals surface area (Å²) in [5, 5.41) is 26.9. The minimum Gasteiger partial charge on any atom is -0.480 e. The monoisotopic (exact) mass is 543 g/mol. The van der Waals surface area contributed by atoms with Crippen LogP contribution in [-0.4, -0.2) is 98.7 Å². The first kappa shape index (κ1) is 31.7. The Kier molecular flexibility index (Phi) is 14.0. The number of aliphatic carboxylic acids is 1. The number of aliphatic hydroxyl groups excluding tert-OH is 1. The maximum absolute atomic E-state index is 13.0. The second-order valence-corrected chi connectivity index (χ2v) is 9.29. The Morgan fingerprint density at radius 2 is 1.78 bits per heavy atom. The largest absolute Gasteiger partial charge is 0.480 e. The van der Waals surface area contributed by atoms with Crippen molar-refractivity contribution in [1.29, 1.82) is 0 Å². The van der Waals surface area contributed by atoms with Crippen LogP contribution in [0.15, 0.2) is 17.5 Å². The number of carboxylic acid groups (broad SMARTS) is 1. The standard InChI is InChI=1S/C21H37N9O6S/c1-11(31)16(30-17(32)13(22)8-12-9-25-10-27-12)19(34)28-14(4-3-6-26-21(23)24)18(33)29-15(20(35)36)5-7-37-2/h9-11,13-16,31H,3-8,22H2,1-2H3,(H,25,27)(H,28,34)(H,29,33)(H,30,32)(H,35,36)(H4,23,24,26). The van der Waals surface area contributed by atoms with Gasteiger partial charge in [0.25, 0.3) is 0 Å². The molecule has 5 atom stereocenters. The van der Waals surface area contributed by atoms with Gasteiger partial charge in [-0.3, -0.25) is 19.4 Å². The molecule has 3 amide bonds. The van der Waals surface area contributed by atoms with Crippen LogP contribution >= 0.6 is 11.8 Å². The van der Waals surface area contributed by atoms with Gasteiger partial charge in [0.2, 0.25) is 17.7 Å². The Morgan fingerprint density at radius 3 is 2.32 bits per heavy atom. The summed E-state index contributed by atoms with van der Waals surface area (Å²) >= 11 is 1.42. The molecule has 1 rings (SSSR count). The van der Waals surface area contributed by atoms with Gasteiger partial charge in [0.05, 0.1) is 18.5 Å². The molecule has 0 spiro atoms. The molecule has 0 aliphatic carbocycles. The molecule has 0 saturated carbocycles. The number of rotatable bonds is 17. The third-order valence-corrected chi connectivity index (χ3v) is 5.84. The van der Waals surface area contributed by atoms with Crippen LogP contribution in [0.5, 0.6) is 0 Å². The molecule has 0 fully saturated rings. The fourth-order valence-electron chi connectivity index (χ4n) is 3.19. The van der Waals surface area contributed by atoms with Gasteiger partial charge < -0.3 is 48.3 Å². The predicted octanol–water partition coefficient (Wildman–Crippen LogP) is -2.99. The van der Waals surface area contributed by atoms with Gasteiger partial charge in [0, 0.05) is 24.9 Å². The Hall–Kier alpha value is -3.37. The average Bonchev–Trinajstić information content (AvgIpc) is 3.33. The lowest BCUT2D eigenvalue weighted by Gasteiger charge is -2.26. The molecule has 16 heteroatoms. The topological polar surface area (TPSA) is 264 Å². The Morgan fingerprint density at radius 1 is 1.11 bits per heavy atom. The summed E-state index contributed by atoms with van der Waals surface area (Å²) in [6.45, 7) is 1.46. The SMILES string of the molecule is CSCCC(NC(=O)C(CCCN=C(N)N)NC(=O)C(NC(=O)C(N)Cc1cnc[nH]1)C(C)O)C(=O)O. The summed E-state index contributed by atoms with van der Waals surface area (Å²) in [6, 6.07) is -4.82. The summed E-state index contributed by atoms with van der Waals surface area (Å²) in [5.41, 5.74) is 17.1. The number of nitrogens with zero attached hydrogens (tertiary/aromatic N) is 2. The van der Waals surface area contributed by atoms with Crippen LogP contribution in [0.2, 0.25) is 0 Å². The third kappa shape index (κ3) is 11.9. The van der Waals surface area contributed by atoms with Crippen molar-refractivity contribution in [2.24, 2.45) is 22.2 Å². The van der Waals surface area contributed by atoms with Crippen molar-refractivity contribution in [1.82, 2.24) is 25.9 Å². The number of aromatic amines is 1. The molecular formula is C21H37N9O6S. The minimum absolute atomic E-state index is 0.0586. The number of aliphatic hydroxyl groups is 1. The van der Waals surface area contributed by atoms with Crippen LogP contribution in [0.4, 0.5) is 0 Å². The second kappa shape index (κ2) is 16.4. The molecule has 37 heavy (non-hydrogen) atoms. The molecule has 0 aliphatic rings. The minimum atomic E-state index is -1.43. The van der Waals surface area contributed by atoms with Crippen molar-refractivity contribution in [3.05, 3.63) is 18.2 Å². The summed E-state index contributed by atoms with van der Waals surface area (Å²) < 4.78 is 0. The van der Waals surface area contributed by atoms with Crippen LogP contribution in [0, 0.1) is 0 Å². The zero-order valence-corrected chi connectivity index (χ0v) is 21.7. The highest BCUT2D eigenvalue weighted by Crippen LogP contribution is 2.06. The highest BCUT2D eigenvalue weighted by Gasteiger charge is 2.32. The van der Waals surface area contributed by atoms with Crippen molar-refractivity contribution in [3.8, 4) is 0 Å². The number of guanidine groups is 1. The van der Waals surface area contributed by atoms with Gasteiger partial charge in [-0.25, -0.2) is 9.78 Å². The maximum Gasteiger partial charge on any atom is 0.326 e. The number of H-pyrrole nitrogens is 1. The number of hydrogen-bond acceptors (Lipinski definition) is 9. The number of hydrogen-bond donors (Lipinski definition) is 9. The van der Waals surface area contributed by atoms with Gasteiger partial charge in [-0.15, -0.1) is 0 Å². The van der Waals surface area contributed by atoms with E-state index in [0.717, 1.165) is 0 Å². The molecule has 15 nitrogen and oxygen atoms in total. The lowest BCUT2D eigenvalue weighted by molar-refractivity contribution is -0.142. The summed E-state index contributed by atoms with van der Waals surface area (Å²) in [5.74, 6) is -3.15. The maximum atomic E-state index is 13.0. The number of amides is 3. The number of aromatic nitrogens is 2. The zero-order valence-electron chi connectivity index (χ0n) is 20.8. The van der Waals surface area contributed by atoms with Gasteiger partial charge in [-0.1, -0.05) is 0 Å². The third-order valence-electron chi connectivity index (χ3n) is 5.20. The Bertz CT molecular complexity index is 908. The Labute approximate surface area is 218 Å². The summed E-state index contributed by atoms with van der Waals surface area (Å²) in [6.07, 6.45) is 4.03. The summed E-state index contributed by atoms with van der Waals surface area (Å²) in [4.78, 5) is 60.5. The molecular weight excluding hydrogens is 506 g/mol. The number of thioether (sulfide) groups is 1. The van der Waals surface area contributed by atoms with Gasteiger partial charge in [-0.05, 0) is 38.2 Å². The number of carbonyl (C=O) groups is 4. The van der Waals surface area contributed by atoms with E-state index in [9.17, 15) is 29.4 Å². The highest BCUT2D eigenvalue weighted by molar-refractivity contribution is 7.98. The predicted molar refractivity (Wildman–Crippen MR) is 138 cm³/mol. The van der Waals surface area contributed by atoms with E-state index in [-0.39, 0.29) is 38.2 Å². The van der Waals surface area contributed by atoms with E-state index < -0.39 is 54.0 Å². The van der Waals surface area contributed by atoms with Crippen LogP contribution in [0.25, 0.3) is 0 Å². The molecule has 0 aliphatic heterocycles. The van der Waals surface area contributed by atoms with Crippen molar-refractivity contribution < 1.29 is 29.4 Å². The van der Waals surface area contributed by atoms with Crippen molar-refractivity contribution in [3.63, 3.8) is 0 Å². The molecule has 1 aromatic rings. The molecule has 1 aromatic heterocycles. The van der Waals surface area contributed by atoms with E-state index in [1.54, 1.807) is 6.26 Å². The fourth-order valence-corrected chi connectivity index (χ4v) is 3.66. The first-order chi connectivity index (χ1) is 17.5. The fraction of sp³-hybridized carbons (Fsp3) is 0.619. The van der Waals surface area contributed by atoms with Gasteiger partial charge in [-0.2, -0.15) is 11.8 Å².